The van der Waals surface area contributed by atoms with Crippen LogP contribution in [0.25, 0.3) is 12.2 Å². The summed E-state index contributed by atoms with van der Waals surface area (Å²) in [5.74, 6) is 0. The summed E-state index contributed by atoms with van der Waals surface area (Å²) in [6, 6.07) is 40.4. The third-order valence-electron chi connectivity index (χ3n) is 6.34. The van der Waals surface area contributed by atoms with Crippen LogP contribution in [0.5, 0.6) is 0 Å². The van der Waals surface area contributed by atoms with Crippen LogP contribution in [0.3, 0.4) is 0 Å². The number of hydrogen-bond donors (Lipinski definition) is 0. The molecule has 0 N–H and O–H groups in total. The van der Waals surface area contributed by atoms with Crippen molar-refractivity contribution >= 4 is 30.7 Å². The number of hydrogen-bond acceptors (Lipinski definition) is 0. The van der Waals surface area contributed by atoms with Crippen molar-refractivity contribution in [3.05, 3.63) is 143 Å². The van der Waals surface area contributed by atoms with Crippen LogP contribution < -0.4 is 10.6 Å². The van der Waals surface area contributed by atoms with E-state index in [1.807, 2.05) is 0 Å². The molecule has 0 spiro atoms. The van der Waals surface area contributed by atoms with Gasteiger partial charge in [0.05, 0.1) is 0 Å². The van der Waals surface area contributed by atoms with Crippen LogP contribution in [0.1, 0.15) is 30.7 Å². The van der Waals surface area contributed by atoms with E-state index < -0.39 is 7.92 Å². The van der Waals surface area contributed by atoms with Gasteiger partial charge in [0.15, 0.2) is 0 Å². The van der Waals surface area contributed by atoms with E-state index in [-0.39, 0.29) is 19.2 Å². The predicted octanol–water partition coefficient (Wildman–Crippen LogP) is 7.07. The van der Waals surface area contributed by atoms with Gasteiger partial charge in [-0.05, 0) is 0 Å². The Kier molecular flexibility index (Phi) is 5.54. The fourth-order valence-corrected chi connectivity index (χ4v) is 10.9. The van der Waals surface area contributed by atoms with E-state index >= 15 is 0 Å². The maximum absolute atomic E-state index is 2.53. The molecule has 0 amide bonds. The molecule has 0 saturated carbocycles. The molecule has 0 aromatic heterocycles. The van der Waals surface area contributed by atoms with Crippen molar-refractivity contribution in [2.24, 2.45) is 0 Å². The Hall–Kier alpha value is -2.50. The monoisotopic (exact) mass is 462 g/mol. The normalized spacial score (nSPS) is 18.3. The third-order valence-corrected chi connectivity index (χ3v) is 12.1. The molecular weight excluding hydrogens is 439 g/mol. The quantitative estimate of drug-likeness (QED) is 0.220. The Balaban J connectivity index is 1.45. The van der Waals surface area contributed by atoms with Crippen LogP contribution in [-0.2, 0) is 19.2 Å². The molecule has 6 rings (SSSR count). The molecule has 4 aromatic carbocycles. The van der Waals surface area contributed by atoms with Gasteiger partial charge in [-0.1, -0.05) is 0 Å². The first-order valence-corrected chi connectivity index (χ1v) is 14.3. The standard InChI is InChI=1S/C21H16P.C9H7.Ti/c1-3-11-19(12-4-1)22(20-13-5-2-6-14-20)21-15-17-9-7-8-10-18(17)16-21;1-2-5-9-7-3-6-8(9)4-1;/h1-16H;1-7H;. The maximum atomic E-state index is 2.53. The zero-order valence-electron chi connectivity index (χ0n) is 17.7. The molecule has 0 aliphatic heterocycles. The van der Waals surface area contributed by atoms with Crippen LogP contribution in [0.4, 0.5) is 0 Å². The van der Waals surface area contributed by atoms with Crippen molar-refractivity contribution in [3.8, 4) is 0 Å². The number of rotatable bonds is 5. The molecule has 2 aliphatic carbocycles. The Morgan fingerprint density at radius 2 is 1.12 bits per heavy atom. The molecule has 2 atom stereocenters. The third kappa shape index (κ3) is 3.68. The molecule has 0 radical (unpaired) electrons. The summed E-state index contributed by atoms with van der Waals surface area (Å²) < 4.78 is 1.15. The SMILES string of the molecule is C1=C[CH]([Ti][CH]2C(P(c3ccccc3)c3ccccc3)=Cc3ccccc32)c2ccccc21. The molecule has 0 bridgehead atoms. The van der Waals surface area contributed by atoms with E-state index in [0.717, 1.165) is 0 Å². The molecule has 0 heterocycles. The summed E-state index contributed by atoms with van der Waals surface area (Å²) in [6.45, 7) is 0. The van der Waals surface area contributed by atoms with E-state index in [1.165, 1.54) is 27.3 Å². The first kappa shape index (κ1) is 20.1. The van der Waals surface area contributed by atoms with Gasteiger partial charge in [0.25, 0.3) is 0 Å². The second-order valence-electron chi connectivity index (χ2n) is 8.27. The molecule has 152 valence electrons. The Bertz CT molecular complexity index is 1270. The van der Waals surface area contributed by atoms with Crippen molar-refractivity contribution < 1.29 is 19.2 Å². The van der Waals surface area contributed by atoms with Gasteiger partial charge in [-0.15, -0.1) is 0 Å². The van der Waals surface area contributed by atoms with Gasteiger partial charge in [-0.2, -0.15) is 0 Å². The summed E-state index contributed by atoms with van der Waals surface area (Å²) in [4.78, 5) is 0. The molecule has 2 heteroatoms. The second kappa shape index (κ2) is 8.80. The molecular formula is C30H23PTi. The van der Waals surface area contributed by atoms with Gasteiger partial charge < -0.3 is 0 Å². The van der Waals surface area contributed by atoms with Crippen LogP contribution in [0.15, 0.2) is 121 Å². The van der Waals surface area contributed by atoms with Gasteiger partial charge in [0, 0.05) is 0 Å². The minimum absolute atomic E-state index is 0.331. The van der Waals surface area contributed by atoms with E-state index in [2.05, 4.69) is 127 Å². The van der Waals surface area contributed by atoms with Gasteiger partial charge in [-0.25, -0.2) is 0 Å². The van der Waals surface area contributed by atoms with Crippen LogP contribution in [0, 0.1) is 0 Å². The summed E-state index contributed by atoms with van der Waals surface area (Å²) in [5, 5.41) is 4.54. The summed E-state index contributed by atoms with van der Waals surface area (Å²) >= 11 is -0.331. The van der Waals surface area contributed by atoms with Crippen LogP contribution in [-0.4, -0.2) is 0 Å². The Morgan fingerprint density at radius 1 is 0.562 bits per heavy atom. The minimum atomic E-state index is -0.557. The predicted molar refractivity (Wildman–Crippen MR) is 134 cm³/mol. The second-order valence-corrected chi connectivity index (χ2v) is 12.9. The zero-order chi connectivity index (χ0) is 21.3. The molecule has 32 heavy (non-hydrogen) atoms. The molecule has 0 saturated heterocycles. The van der Waals surface area contributed by atoms with Crippen molar-refractivity contribution in [2.75, 3.05) is 0 Å². The van der Waals surface area contributed by atoms with Gasteiger partial charge >= 0.3 is 201 Å². The Labute approximate surface area is 200 Å². The molecule has 0 nitrogen and oxygen atoms in total. The fourth-order valence-electron chi connectivity index (χ4n) is 4.85. The zero-order valence-corrected chi connectivity index (χ0v) is 20.2. The molecule has 0 fully saturated rings. The van der Waals surface area contributed by atoms with Gasteiger partial charge in [0.2, 0.25) is 0 Å². The summed E-state index contributed by atoms with van der Waals surface area (Å²) in [7, 11) is -0.557. The molecule has 2 unspecified atom stereocenters. The first-order chi connectivity index (χ1) is 15.9. The number of allylic oxidation sites excluding steroid dienone is 2. The van der Waals surface area contributed by atoms with Crippen molar-refractivity contribution in [3.63, 3.8) is 0 Å². The first-order valence-electron chi connectivity index (χ1n) is 11.1. The van der Waals surface area contributed by atoms with Crippen molar-refractivity contribution in [1.29, 1.82) is 0 Å². The van der Waals surface area contributed by atoms with Crippen LogP contribution >= 0.6 is 7.92 Å². The van der Waals surface area contributed by atoms with Gasteiger partial charge in [-0.3, -0.25) is 0 Å². The topological polar surface area (TPSA) is 0 Å². The Morgan fingerprint density at radius 3 is 1.81 bits per heavy atom. The molecule has 4 aromatic rings. The van der Waals surface area contributed by atoms with Crippen molar-refractivity contribution in [1.82, 2.24) is 0 Å². The van der Waals surface area contributed by atoms with E-state index in [4.69, 9.17) is 0 Å². The number of fused-ring (bicyclic) bond motifs is 2. The average Bonchev–Trinajstić information content (AvgIpc) is 3.43. The summed E-state index contributed by atoms with van der Waals surface area (Å²) in [5.41, 5.74) is 5.90. The van der Waals surface area contributed by atoms with Crippen molar-refractivity contribution in [2.45, 2.75) is 8.45 Å². The van der Waals surface area contributed by atoms with E-state index in [1.54, 1.807) is 10.9 Å². The van der Waals surface area contributed by atoms with Gasteiger partial charge in [0.1, 0.15) is 0 Å². The number of benzene rings is 4. The average molecular weight is 462 g/mol. The molecule has 2 aliphatic rings. The fraction of sp³-hybridized carbons (Fsp3) is 0.0667. The van der Waals surface area contributed by atoms with E-state index in [0.29, 0.717) is 8.45 Å². The summed E-state index contributed by atoms with van der Waals surface area (Å²) in [6.07, 6.45) is 7.33. The van der Waals surface area contributed by atoms with E-state index in [9.17, 15) is 0 Å². The van der Waals surface area contributed by atoms with Crippen LogP contribution in [0.2, 0.25) is 0 Å².